The smallest absolute Gasteiger partial charge is 0.320 e. The van der Waals surface area contributed by atoms with E-state index in [0.29, 0.717) is 11.7 Å². The van der Waals surface area contributed by atoms with Gasteiger partial charge in [-0.2, -0.15) is 4.98 Å². The summed E-state index contributed by atoms with van der Waals surface area (Å²) < 4.78 is 5.91. The van der Waals surface area contributed by atoms with Crippen molar-refractivity contribution in [3.05, 3.63) is 18.1 Å². The number of carbonyl (C=O) groups is 1. The number of carbonyl (C=O) groups excluding carboxylic acids is 1. The number of ether oxygens (including phenoxy) is 1. The highest BCUT2D eigenvalue weighted by atomic mass is 16.5. The van der Waals surface area contributed by atoms with E-state index in [9.17, 15) is 4.79 Å². The van der Waals surface area contributed by atoms with Crippen molar-refractivity contribution in [2.75, 3.05) is 46.3 Å². The van der Waals surface area contributed by atoms with E-state index < -0.39 is 0 Å². The zero-order valence-corrected chi connectivity index (χ0v) is 13.9. The van der Waals surface area contributed by atoms with Crippen LogP contribution in [0.1, 0.15) is 18.7 Å². The summed E-state index contributed by atoms with van der Waals surface area (Å²) in [5, 5.41) is 0. The summed E-state index contributed by atoms with van der Waals surface area (Å²) in [6, 6.07) is 1.96. The molecule has 7 heteroatoms. The largest absolute Gasteiger partial charge is 0.474 e. The lowest BCUT2D eigenvalue weighted by molar-refractivity contribution is 0.0820. The molecule has 0 N–H and O–H groups in total. The van der Waals surface area contributed by atoms with Crippen molar-refractivity contribution in [1.29, 1.82) is 0 Å². The van der Waals surface area contributed by atoms with Gasteiger partial charge in [-0.3, -0.25) is 0 Å². The van der Waals surface area contributed by atoms with Gasteiger partial charge in [-0.05, 0) is 14.0 Å². The monoisotopic (exact) mass is 319 g/mol. The minimum atomic E-state index is 0.126. The number of hydrogen-bond donors (Lipinski definition) is 0. The summed E-state index contributed by atoms with van der Waals surface area (Å²) in [7, 11) is 2.10. The molecule has 1 aromatic rings. The fraction of sp³-hybridized carbons (Fsp3) is 0.688. The van der Waals surface area contributed by atoms with Gasteiger partial charge in [0, 0.05) is 64.4 Å². The van der Waals surface area contributed by atoms with E-state index in [1.165, 1.54) is 0 Å². The number of piperidine rings is 1. The van der Waals surface area contributed by atoms with Gasteiger partial charge in [0.2, 0.25) is 5.88 Å². The quantitative estimate of drug-likeness (QED) is 0.814. The van der Waals surface area contributed by atoms with E-state index in [1.54, 1.807) is 12.3 Å². The van der Waals surface area contributed by atoms with Gasteiger partial charge in [-0.25, -0.2) is 9.78 Å². The minimum Gasteiger partial charge on any atom is -0.474 e. The molecule has 1 aromatic heterocycles. The average molecular weight is 319 g/mol. The van der Waals surface area contributed by atoms with E-state index in [-0.39, 0.29) is 12.1 Å². The molecular formula is C16H25N5O2. The number of hydrogen-bond acceptors (Lipinski definition) is 5. The number of rotatable bonds is 2. The van der Waals surface area contributed by atoms with Gasteiger partial charge in [0.25, 0.3) is 0 Å². The van der Waals surface area contributed by atoms with Gasteiger partial charge in [-0.15, -0.1) is 0 Å². The zero-order valence-electron chi connectivity index (χ0n) is 13.9. The fourth-order valence-corrected chi connectivity index (χ4v) is 3.03. The van der Waals surface area contributed by atoms with Crippen LogP contribution in [0.2, 0.25) is 0 Å². The van der Waals surface area contributed by atoms with Crippen LogP contribution < -0.4 is 4.74 Å². The standard InChI is InChI=1S/C16H25N5O2/c1-13-17-6-3-15(18-13)23-14-4-7-20(8-5-14)16(22)21-11-9-19(2)10-12-21/h3,6,14H,4-5,7-12H2,1-2H3. The van der Waals surface area contributed by atoms with Gasteiger partial charge in [0.05, 0.1) is 0 Å². The van der Waals surface area contributed by atoms with Crippen LogP contribution >= 0.6 is 0 Å². The molecule has 0 unspecified atom stereocenters. The first-order valence-electron chi connectivity index (χ1n) is 8.30. The van der Waals surface area contributed by atoms with Gasteiger partial charge in [-0.1, -0.05) is 0 Å². The molecular weight excluding hydrogens is 294 g/mol. The second-order valence-corrected chi connectivity index (χ2v) is 6.32. The van der Waals surface area contributed by atoms with Gasteiger partial charge in [0.1, 0.15) is 11.9 Å². The first kappa shape index (κ1) is 16.0. The molecule has 0 spiro atoms. The summed E-state index contributed by atoms with van der Waals surface area (Å²) >= 11 is 0. The van der Waals surface area contributed by atoms with E-state index in [4.69, 9.17) is 4.74 Å². The number of aryl methyl sites for hydroxylation is 1. The summed E-state index contributed by atoms with van der Waals surface area (Å²) in [5.41, 5.74) is 0. The Labute approximate surface area is 137 Å². The number of piperazine rings is 1. The number of likely N-dealkylation sites (tertiary alicyclic amines) is 1. The number of amides is 2. The molecule has 0 radical (unpaired) electrons. The Kier molecular flexibility index (Phi) is 4.95. The maximum Gasteiger partial charge on any atom is 0.320 e. The summed E-state index contributed by atoms with van der Waals surface area (Å²) in [4.78, 5) is 27.1. The molecule has 7 nitrogen and oxygen atoms in total. The molecule has 23 heavy (non-hydrogen) atoms. The lowest BCUT2D eigenvalue weighted by Gasteiger charge is -2.38. The Morgan fingerprint density at radius 1 is 1.13 bits per heavy atom. The Hall–Kier alpha value is -1.89. The van der Waals surface area contributed by atoms with Crippen LogP contribution in [0, 0.1) is 6.92 Å². The summed E-state index contributed by atoms with van der Waals surface area (Å²) in [6.07, 6.45) is 3.54. The van der Waals surface area contributed by atoms with Crippen LogP contribution in [0.15, 0.2) is 12.3 Å². The van der Waals surface area contributed by atoms with Crippen molar-refractivity contribution in [1.82, 2.24) is 24.7 Å². The van der Waals surface area contributed by atoms with Crippen LogP contribution in [0.5, 0.6) is 5.88 Å². The van der Waals surface area contributed by atoms with E-state index >= 15 is 0 Å². The predicted molar refractivity (Wildman–Crippen MR) is 86.5 cm³/mol. The highest BCUT2D eigenvalue weighted by Crippen LogP contribution is 2.18. The number of nitrogens with zero attached hydrogens (tertiary/aromatic N) is 5. The second kappa shape index (κ2) is 7.12. The molecule has 0 saturated carbocycles. The van der Waals surface area contributed by atoms with Crippen LogP contribution in [0.25, 0.3) is 0 Å². The molecule has 0 aromatic carbocycles. The molecule has 126 valence electrons. The van der Waals surface area contributed by atoms with Crippen molar-refractivity contribution < 1.29 is 9.53 Å². The molecule has 0 atom stereocenters. The highest BCUT2D eigenvalue weighted by Gasteiger charge is 2.28. The van der Waals surface area contributed by atoms with Gasteiger partial charge in [0.15, 0.2) is 0 Å². The van der Waals surface area contributed by atoms with Crippen LogP contribution in [-0.4, -0.2) is 83.1 Å². The first-order chi connectivity index (χ1) is 11.1. The van der Waals surface area contributed by atoms with Crippen molar-refractivity contribution in [3.8, 4) is 5.88 Å². The summed E-state index contributed by atoms with van der Waals surface area (Å²) in [6.45, 7) is 6.92. The van der Waals surface area contributed by atoms with Crippen molar-refractivity contribution in [3.63, 3.8) is 0 Å². The van der Waals surface area contributed by atoms with Gasteiger partial charge >= 0.3 is 6.03 Å². The normalized spacial score (nSPS) is 20.6. The SMILES string of the molecule is Cc1nccc(OC2CCN(C(=O)N3CCN(C)CC3)CC2)n1. The molecule has 0 aliphatic carbocycles. The second-order valence-electron chi connectivity index (χ2n) is 6.32. The van der Waals surface area contributed by atoms with E-state index in [0.717, 1.165) is 52.1 Å². The Balaban J connectivity index is 1.47. The number of likely N-dealkylation sites (N-methyl/N-ethyl adjacent to an activating group) is 1. The maximum atomic E-state index is 12.5. The molecule has 2 saturated heterocycles. The van der Waals surface area contributed by atoms with Crippen molar-refractivity contribution in [2.24, 2.45) is 0 Å². The minimum absolute atomic E-state index is 0.126. The van der Waals surface area contributed by atoms with E-state index in [2.05, 4.69) is 21.9 Å². The summed E-state index contributed by atoms with van der Waals surface area (Å²) in [5.74, 6) is 1.34. The fourth-order valence-electron chi connectivity index (χ4n) is 3.03. The van der Waals surface area contributed by atoms with E-state index in [1.807, 2.05) is 16.7 Å². The van der Waals surface area contributed by atoms with Crippen molar-refractivity contribution in [2.45, 2.75) is 25.9 Å². The molecule has 2 amide bonds. The third-order valence-corrected chi connectivity index (χ3v) is 4.52. The maximum absolute atomic E-state index is 12.5. The lowest BCUT2D eigenvalue weighted by atomic mass is 10.1. The third-order valence-electron chi connectivity index (χ3n) is 4.52. The average Bonchev–Trinajstić information content (AvgIpc) is 2.56. The van der Waals surface area contributed by atoms with Crippen LogP contribution in [0.4, 0.5) is 4.79 Å². The van der Waals surface area contributed by atoms with Crippen molar-refractivity contribution >= 4 is 6.03 Å². The molecule has 2 fully saturated rings. The number of urea groups is 1. The highest BCUT2D eigenvalue weighted by molar-refractivity contribution is 5.74. The Bertz CT molecular complexity index is 537. The molecule has 3 heterocycles. The zero-order chi connectivity index (χ0) is 16.2. The Morgan fingerprint density at radius 3 is 2.43 bits per heavy atom. The van der Waals surface area contributed by atoms with Gasteiger partial charge < -0.3 is 19.4 Å². The first-order valence-corrected chi connectivity index (χ1v) is 8.30. The topological polar surface area (TPSA) is 61.8 Å². The molecule has 2 aliphatic rings. The molecule has 3 rings (SSSR count). The lowest BCUT2D eigenvalue weighted by Crippen LogP contribution is -2.54. The third kappa shape index (κ3) is 4.10. The predicted octanol–water partition coefficient (Wildman–Crippen LogP) is 0.996. The van der Waals surface area contributed by atoms with Crippen LogP contribution in [0.3, 0.4) is 0 Å². The van der Waals surface area contributed by atoms with Crippen LogP contribution in [-0.2, 0) is 0 Å². The number of aromatic nitrogens is 2. The molecule has 2 aliphatic heterocycles. The Morgan fingerprint density at radius 2 is 1.78 bits per heavy atom. The molecule has 0 bridgehead atoms.